The van der Waals surface area contributed by atoms with Gasteiger partial charge in [0.2, 0.25) is 0 Å². The van der Waals surface area contributed by atoms with Gasteiger partial charge in [-0.05, 0) is 46.7 Å². The zero-order valence-electron chi connectivity index (χ0n) is 13.8. The van der Waals surface area contributed by atoms with Crippen molar-refractivity contribution in [1.82, 2.24) is 4.90 Å². The van der Waals surface area contributed by atoms with Gasteiger partial charge in [0.05, 0.1) is 11.5 Å². The predicted octanol–water partition coefficient (Wildman–Crippen LogP) is 2.93. The average Bonchev–Trinajstić information content (AvgIpc) is 2.56. The maximum atomic E-state index is 12.5. The van der Waals surface area contributed by atoms with Crippen molar-refractivity contribution < 1.29 is 9.53 Å². The quantitative estimate of drug-likeness (QED) is 0.834. The first kappa shape index (κ1) is 16.2. The topological polar surface area (TPSA) is 29.5 Å². The molecule has 1 saturated heterocycles. The van der Waals surface area contributed by atoms with Crippen molar-refractivity contribution in [3.63, 3.8) is 0 Å². The van der Waals surface area contributed by atoms with Gasteiger partial charge in [-0.15, -0.1) is 0 Å². The number of carbonyl (C=O) groups excluding carboxylic acids is 1. The summed E-state index contributed by atoms with van der Waals surface area (Å²) in [6.07, 6.45) is 1.00. The van der Waals surface area contributed by atoms with Crippen LogP contribution in [-0.2, 0) is 16.0 Å². The molecule has 1 aromatic rings. The van der Waals surface area contributed by atoms with Crippen molar-refractivity contribution in [1.29, 1.82) is 0 Å². The summed E-state index contributed by atoms with van der Waals surface area (Å²) >= 11 is 0. The highest BCUT2D eigenvalue weighted by Crippen LogP contribution is 2.39. The number of rotatable bonds is 5. The molecule has 0 bridgehead atoms. The summed E-state index contributed by atoms with van der Waals surface area (Å²) in [6.45, 7) is 9.50. The van der Waals surface area contributed by atoms with Crippen LogP contribution < -0.4 is 0 Å². The molecule has 116 valence electrons. The van der Waals surface area contributed by atoms with Crippen LogP contribution in [0.2, 0.25) is 0 Å². The van der Waals surface area contributed by atoms with Gasteiger partial charge in [0.15, 0.2) is 5.78 Å². The van der Waals surface area contributed by atoms with Crippen LogP contribution in [0.1, 0.15) is 33.3 Å². The SMILES string of the molecule is CN(CCc1ccccc1)CC1C(=O)C(C)(C)OC1(C)C. The summed E-state index contributed by atoms with van der Waals surface area (Å²) in [4.78, 5) is 14.7. The first-order chi connectivity index (χ1) is 9.72. The molecule has 0 aromatic heterocycles. The molecule has 2 rings (SSSR count). The van der Waals surface area contributed by atoms with Crippen LogP contribution in [0, 0.1) is 5.92 Å². The number of hydrogen-bond acceptors (Lipinski definition) is 3. The van der Waals surface area contributed by atoms with Crippen LogP contribution in [0.5, 0.6) is 0 Å². The van der Waals surface area contributed by atoms with Crippen molar-refractivity contribution in [2.75, 3.05) is 20.1 Å². The van der Waals surface area contributed by atoms with Gasteiger partial charge in [0.25, 0.3) is 0 Å². The first-order valence-corrected chi connectivity index (χ1v) is 7.69. The minimum Gasteiger partial charge on any atom is -0.361 e. The lowest BCUT2D eigenvalue weighted by atomic mass is 9.85. The molecule has 21 heavy (non-hydrogen) atoms. The molecule has 0 aliphatic carbocycles. The first-order valence-electron chi connectivity index (χ1n) is 7.69. The third kappa shape index (κ3) is 3.72. The van der Waals surface area contributed by atoms with E-state index in [1.807, 2.05) is 33.8 Å². The molecule has 1 unspecified atom stereocenters. The Morgan fingerprint density at radius 2 is 1.76 bits per heavy atom. The molecule has 0 radical (unpaired) electrons. The minimum atomic E-state index is -0.658. The summed E-state index contributed by atoms with van der Waals surface area (Å²) in [6, 6.07) is 10.5. The van der Waals surface area contributed by atoms with E-state index in [2.05, 4.69) is 36.2 Å². The van der Waals surface area contributed by atoms with Crippen LogP contribution in [-0.4, -0.2) is 42.0 Å². The molecule has 1 fully saturated rings. The maximum absolute atomic E-state index is 12.5. The van der Waals surface area contributed by atoms with Crippen molar-refractivity contribution in [2.24, 2.45) is 5.92 Å². The molecule has 1 atom stereocenters. The third-order valence-electron chi connectivity index (χ3n) is 4.39. The van der Waals surface area contributed by atoms with Crippen LogP contribution in [0.15, 0.2) is 30.3 Å². The number of ketones is 1. The molecule has 3 heteroatoms. The Bertz CT molecular complexity index is 493. The van der Waals surface area contributed by atoms with E-state index in [4.69, 9.17) is 4.74 Å². The van der Waals surface area contributed by atoms with Gasteiger partial charge in [0.1, 0.15) is 5.60 Å². The summed E-state index contributed by atoms with van der Waals surface area (Å²) in [5.74, 6) is 0.160. The lowest BCUT2D eigenvalue weighted by Crippen LogP contribution is -2.40. The summed E-state index contributed by atoms with van der Waals surface area (Å²) in [5, 5.41) is 0. The fraction of sp³-hybridized carbons (Fsp3) is 0.611. The zero-order chi connectivity index (χ0) is 15.7. The summed E-state index contributed by atoms with van der Waals surface area (Å²) < 4.78 is 5.95. The number of benzene rings is 1. The molecule has 1 heterocycles. The third-order valence-corrected chi connectivity index (χ3v) is 4.39. The monoisotopic (exact) mass is 289 g/mol. The van der Waals surface area contributed by atoms with Gasteiger partial charge in [-0.2, -0.15) is 0 Å². The van der Waals surface area contributed by atoms with Gasteiger partial charge in [-0.1, -0.05) is 30.3 Å². The van der Waals surface area contributed by atoms with Crippen molar-refractivity contribution in [2.45, 2.75) is 45.3 Å². The number of carbonyl (C=O) groups is 1. The Kier molecular flexibility index (Phi) is 4.54. The van der Waals surface area contributed by atoms with Crippen molar-refractivity contribution in [3.8, 4) is 0 Å². The minimum absolute atomic E-state index is 0.0618. The maximum Gasteiger partial charge on any atom is 0.171 e. The van der Waals surface area contributed by atoms with E-state index in [0.717, 1.165) is 19.5 Å². The van der Waals surface area contributed by atoms with Gasteiger partial charge in [0, 0.05) is 13.1 Å². The molecule has 1 aliphatic rings. The summed E-state index contributed by atoms with van der Waals surface area (Å²) in [5.41, 5.74) is 0.286. The number of hydrogen-bond donors (Lipinski definition) is 0. The van der Waals surface area contributed by atoms with Crippen molar-refractivity contribution in [3.05, 3.63) is 35.9 Å². The van der Waals surface area contributed by atoms with Gasteiger partial charge < -0.3 is 9.64 Å². The normalized spacial score (nSPS) is 23.7. The molecule has 0 saturated carbocycles. The van der Waals surface area contributed by atoms with Crippen LogP contribution >= 0.6 is 0 Å². The second kappa shape index (κ2) is 5.90. The fourth-order valence-corrected chi connectivity index (χ4v) is 3.18. The molecular formula is C18H27NO2. The highest BCUT2D eigenvalue weighted by molar-refractivity contribution is 5.91. The number of likely N-dealkylation sites (N-methyl/N-ethyl adjacent to an activating group) is 1. The standard InChI is InChI=1S/C18H27NO2/c1-17(2)15(16(20)18(3,4)21-17)13-19(5)12-11-14-9-7-6-8-10-14/h6-10,15H,11-13H2,1-5H3. The second-order valence-corrected chi connectivity index (χ2v) is 7.13. The smallest absolute Gasteiger partial charge is 0.171 e. The predicted molar refractivity (Wildman–Crippen MR) is 85.4 cm³/mol. The highest BCUT2D eigenvalue weighted by Gasteiger charge is 2.53. The molecule has 0 N–H and O–H groups in total. The lowest BCUT2D eigenvalue weighted by molar-refractivity contribution is -0.132. The molecule has 0 spiro atoms. The number of Topliss-reactive ketones (excluding diaryl/α,β-unsaturated/α-hetero) is 1. The molecule has 1 aromatic carbocycles. The Labute approximate surface area is 128 Å². The van der Waals surface area contributed by atoms with E-state index >= 15 is 0 Å². The molecule has 3 nitrogen and oxygen atoms in total. The molecular weight excluding hydrogens is 262 g/mol. The number of ether oxygens (including phenoxy) is 1. The van der Waals surface area contributed by atoms with Crippen molar-refractivity contribution >= 4 is 5.78 Å². The van der Waals surface area contributed by atoms with Gasteiger partial charge in [-0.25, -0.2) is 0 Å². The van der Waals surface area contributed by atoms with E-state index in [9.17, 15) is 4.79 Å². The lowest BCUT2D eigenvalue weighted by Gasteiger charge is -2.28. The molecule has 1 aliphatic heterocycles. The van der Waals surface area contributed by atoms with E-state index < -0.39 is 5.60 Å². The highest BCUT2D eigenvalue weighted by atomic mass is 16.5. The Balaban J connectivity index is 1.93. The summed E-state index contributed by atoms with van der Waals surface area (Å²) in [7, 11) is 2.08. The Morgan fingerprint density at radius 1 is 1.14 bits per heavy atom. The Hall–Kier alpha value is -1.19. The zero-order valence-corrected chi connectivity index (χ0v) is 13.8. The van der Waals surface area contributed by atoms with Crippen LogP contribution in [0.3, 0.4) is 0 Å². The second-order valence-electron chi connectivity index (χ2n) is 7.13. The molecule has 0 amide bonds. The largest absolute Gasteiger partial charge is 0.361 e. The van der Waals surface area contributed by atoms with Crippen LogP contribution in [0.4, 0.5) is 0 Å². The van der Waals surface area contributed by atoms with E-state index in [1.54, 1.807) is 0 Å². The van der Waals surface area contributed by atoms with E-state index in [-0.39, 0.29) is 17.3 Å². The van der Waals surface area contributed by atoms with Gasteiger partial charge >= 0.3 is 0 Å². The van der Waals surface area contributed by atoms with E-state index in [1.165, 1.54) is 5.56 Å². The fourth-order valence-electron chi connectivity index (χ4n) is 3.18. The average molecular weight is 289 g/mol. The van der Waals surface area contributed by atoms with Crippen LogP contribution in [0.25, 0.3) is 0 Å². The van der Waals surface area contributed by atoms with E-state index in [0.29, 0.717) is 0 Å². The van der Waals surface area contributed by atoms with Gasteiger partial charge in [-0.3, -0.25) is 4.79 Å². The number of nitrogens with zero attached hydrogens (tertiary/aromatic N) is 1. The Morgan fingerprint density at radius 3 is 2.29 bits per heavy atom.